The molecule has 1 amide bonds. The molecule has 0 saturated heterocycles. The minimum absolute atomic E-state index is 0.0350. The molecule has 22 heavy (non-hydrogen) atoms. The monoisotopic (exact) mass is 309 g/mol. The van der Waals surface area contributed by atoms with E-state index in [9.17, 15) is 19.7 Å². The summed E-state index contributed by atoms with van der Waals surface area (Å²) in [5.41, 5.74) is 0.454. The number of nitrogens with one attached hydrogen (secondary N) is 1. The molecule has 0 saturated carbocycles. The van der Waals surface area contributed by atoms with Crippen LogP contribution in [0.15, 0.2) is 24.3 Å². The maximum atomic E-state index is 11.8. The number of carbonyl (C=O) groups is 2. The highest BCUT2D eigenvalue weighted by Crippen LogP contribution is 2.15. The van der Waals surface area contributed by atoms with Crippen LogP contribution in [0.4, 0.5) is 11.4 Å². The number of nitro benzene ring substituents is 1. The number of likely N-dealkylation sites (N-methyl/N-ethyl adjacent to an activating group) is 1. The van der Waals surface area contributed by atoms with Crippen molar-refractivity contribution in [3.8, 4) is 0 Å². The van der Waals surface area contributed by atoms with Gasteiger partial charge >= 0.3 is 5.97 Å². The second-order valence-corrected chi connectivity index (χ2v) is 4.64. The summed E-state index contributed by atoms with van der Waals surface area (Å²) in [6.45, 7) is 2.58. The summed E-state index contributed by atoms with van der Waals surface area (Å²) in [5, 5.41) is 13.2. The molecular weight excluding hydrogens is 290 g/mol. The number of nitrogens with zero attached hydrogens (tertiary/aromatic N) is 2. The molecule has 0 unspecified atom stereocenters. The number of benzene rings is 1. The van der Waals surface area contributed by atoms with Crippen molar-refractivity contribution in [3.05, 3.63) is 34.4 Å². The largest absolute Gasteiger partial charge is 0.465 e. The third-order valence-corrected chi connectivity index (χ3v) is 2.79. The number of anilines is 1. The molecule has 0 bridgehead atoms. The van der Waals surface area contributed by atoms with E-state index in [1.54, 1.807) is 18.9 Å². The molecule has 1 rings (SSSR count). The molecule has 120 valence electrons. The molecule has 0 spiro atoms. The van der Waals surface area contributed by atoms with E-state index in [4.69, 9.17) is 4.74 Å². The van der Waals surface area contributed by atoms with Gasteiger partial charge in [-0.25, -0.2) is 0 Å². The highest BCUT2D eigenvalue weighted by atomic mass is 16.6. The molecule has 8 heteroatoms. The lowest BCUT2D eigenvalue weighted by molar-refractivity contribution is -0.384. The van der Waals surface area contributed by atoms with Crippen molar-refractivity contribution < 1.29 is 19.2 Å². The molecule has 0 heterocycles. The number of amides is 1. The predicted octanol–water partition coefficient (Wildman–Crippen LogP) is 1.42. The van der Waals surface area contributed by atoms with Gasteiger partial charge in [0, 0.05) is 30.8 Å². The number of hydrogen-bond acceptors (Lipinski definition) is 6. The standard InChI is InChI=1S/C14H19N3O5/c1-3-22-14(19)10-16(2)9-8-13(18)15-11-4-6-12(7-5-11)17(20)21/h4-7H,3,8-10H2,1-2H3,(H,15,18). The number of ether oxygens (including phenoxy) is 1. The number of esters is 1. The van der Waals surface area contributed by atoms with E-state index in [0.29, 0.717) is 18.8 Å². The normalized spacial score (nSPS) is 10.3. The van der Waals surface area contributed by atoms with Gasteiger partial charge in [0.2, 0.25) is 5.91 Å². The molecule has 1 aromatic carbocycles. The van der Waals surface area contributed by atoms with Crippen molar-refractivity contribution in [3.63, 3.8) is 0 Å². The molecular formula is C14H19N3O5. The fourth-order valence-corrected chi connectivity index (χ4v) is 1.69. The second-order valence-electron chi connectivity index (χ2n) is 4.64. The molecule has 1 N–H and O–H groups in total. The molecule has 0 aliphatic rings. The Morgan fingerprint density at radius 2 is 1.95 bits per heavy atom. The average molecular weight is 309 g/mol. The Labute approximate surface area is 128 Å². The fourth-order valence-electron chi connectivity index (χ4n) is 1.69. The lowest BCUT2D eigenvalue weighted by atomic mass is 10.2. The number of nitro groups is 1. The van der Waals surface area contributed by atoms with Crippen molar-refractivity contribution in [2.24, 2.45) is 0 Å². The summed E-state index contributed by atoms with van der Waals surface area (Å²) in [5.74, 6) is -0.565. The first-order valence-corrected chi connectivity index (χ1v) is 6.81. The highest BCUT2D eigenvalue weighted by molar-refractivity contribution is 5.90. The van der Waals surface area contributed by atoms with E-state index in [2.05, 4.69) is 5.32 Å². The van der Waals surface area contributed by atoms with Crippen LogP contribution in [0.25, 0.3) is 0 Å². The smallest absolute Gasteiger partial charge is 0.320 e. The zero-order valence-electron chi connectivity index (χ0n) is 12.6. The SMILES string of the molecule is CCOC(=O)CN(C)CCC(=O)Nc1ccc([N+](=O)[O-])cc1. The van der Waals surface area contributed by atoms with E-state index >= 15 is 0 Å². The summed E-state index contributed by atoms with van der Waals surface area (Å²) in [6, 6.07) is 5.59. The first-order valence-electron chi connectivity index (χ1n) is 6.81. The van der Waals surface area contributed by atoms with E-state index in [-0.39, 0.29) is 30.5 Å². The maximum Gasteiger partial charge on any atom is 0.320 e. The Kier molecular flexibility index (Phi) is 6.97. The Morgan fingerprint density at radius 3 is 2.50 bits per heavy atom. The van der Waals surface area contributed by atoms with Gasteiger partial charge in [0.05, 0.1) is 18.1 Å². The van der Waals surface area contributed by atoms with E-state index in [1.165, 1.54) is 24.3 Å². The molecule has 0 aliphatic carbocycles. The predicted molar refractivity (Wildman–Crippen MR) is 80.5 cm³/mol. The van der Waals surface area contributed by atoms with Crippen LogP contribution in [-0.2, 0) is 14.3 Å². The summed E-state index contributed by atoms with van der Waals surface area (Å²) in [7, 11) is 1.72. The second kappa shape index (κ2) is 8.73. The maximum absolute atomic E-state index is 11.8. The van der Waals surface area contributed by atoms with Crippen LogP contribution in [0, 0.1) is 10.1 Å². The van der Waals surface area contributed by atoms with Gasteiger partial charge in [-0.1, -0.05) is 0 Å². The third kappa shape index (κ3) is 6.31. The minimum atomic E-state index is -0.504. The number of rotatable bonds is 8. The number of non-ortho nitro benzene ring substituents is 1. The lowest BCUT2D eigenvalue weighted by Crippen LogP contribution is -2.30. The molecule has 0 aliphatic heterocycles. The van der Waals surface area contributed by atoms with Crippen LogP contribution in [0.3, 0.4) is 0 Å². The summed E-state index contributed by atoms with van der Waals surface area (Å²) >= 11 is 0. The first-order chi connectivity index (χ1) is 10.4. The van der Waals surface area contributed by atoms with Gasteiger partial charge in [-0.15, -0.1) is 0 Å². The summed E-state index contributed by atoms with van der Waals surface area (Å²) < 4.78 is 4.81. The fraction of sp³-hybridized carbons (Fsp3) is 0.429. The molecule has 0 radical (unpaired) electrons. The topological polar surface area (TPSA) is 102 Å². The van der Waals surface area contributed by atoms with Gasteiger partial charge in [-0.2, -0.15) is 0 Å². The zero-order chi connectivity index (χ0) is 16.5. The van der Waals surface area contributed by atoms with Crippen molar-refractivity contribution in [1.82, 2.24) is 4.90 Å². The van der Waals surface area contributed by atoms with Gasteiger partial charge < -0.3 is 10.1 Å². The van der Waals surface area contributed by atoms with Crippen LogP contribution >= 0.6 is 0 Å². The van der Waals surface area contributed by atoms with Crippen LogP contribution in [0.5, 0.6) is 0 Å². The lowest BCUT2D eigenvalue weighted by Gasteiger charge is -2.15. The minimum Gasteiger partial charge on any atom is -0.465 e. The molecule has 1 aromatic rings. The van der Waals surface area contributed by atoms with Crippen molar-refractivity contribution >= 4 is 23.3 Å². The van der Waals surface area contributed by atoms with Gasteiger partial charge in [0.1, 0.15) is 0 Å². The Hall–Kier alpha value is -2.48. The Morgan fingerprint density at radius 1 is 1.32 bits per heavy atom. The average Bonchev–Trinajstić information content (AvgIpc) is 2.46. The molecule has 0 atom stereocenters. The third-order valence-electron chi connectivity index (χ3n) is 2.79. The van der Waals surface area contributed by atoms with Crippen LogP contribution in [0.1, 0.15) is 13.3 Å². The van der Waals surface area contributed by atoms with Crippen LogP contribution < -0.4 is 5.32 Å². The first kappa shape index (κ1) is 17.6. The number of hydrogen-bond donors (Lipinski definition) is 1. The van der Waals surface area contributed by atoms with Gasteiger partial charge in [-0.3, -0.25) is 24.6 Å². The Balaban J connectivity index is 2.36. The van der Waals surface area contributed by atoms with E-state index < -0.39 is 4.92 Å². The summed E-state index contributed by atoms with van der Waals surface area (Å²) in [6.07, 6.45) is 0.201. The molecule has 8 nitrogen and oxygen atoms in total. The Bertz CT molecular complexity index is 530. The van der Waals surface area contributed by atoms with Crippen molar-refractivity contribution in [2.45, 2.75) is 13.3 Å². The van der Waals surface area contributed by atoms with Crippen LogP contribution in [-0.4, -0.2) is 48.4 Å². The number of carbonyl (C=O) groups excluding carboxylic acids is 2. The molecule has 0 aromatic heterocycles. The van der Waals surface area contributed by atoms with E-state index in [1.807, 2.05) is 0 Å². The van der Waals surface area contributed by atoms with Crippen molar-refractivity contribution in [1.29, 1.82) is 0 Å². The van der Waals surface area contributed by atoms with Gasteiger partial charge in [-0.05, 0) is 26.1 Å². The van der Waals surface area contributed by atoms with E-state index in [0.717, 1.165) is 0 Å². The molecule has 0 fully saturated rings. The zero-order valence-corrected chi connectivity index (χ0v) is 12.6. The quantitative estimate of drug-likeness (QED) is 0.442. The van der Waals surface area contributed by atoms with Crippen molar-refractivity contribution in [2.75, 3.05) is 32.1 Å². The van der Waals surface area contributed by atoms with Gasteiger partial charge in [0.25, 0.3) is 5.69 Å². The highest BCUT2D eigenvalue weighted by Gasteiger charge is 2.10. The van der Waals surface area contributed by atoms with Gasteiger partial charge in [0.15, 0.2) is 0 Å². The summed E-state index contributed by atoms with van der Waals surface area (Å²) in [4.78, 5) is 34.7. The van der Waals surface area contributed by atoms with Crippen LogP contribution in [0.2, 0.25) is 0 Å².